The van der Waals surface area contributed by atoms with Crippen LogP contribution in [0.3, 0.4) is 0 Å². The van der Waals surface area contributed by atoms with Crippen molar-refractivity contribution in [3.05, 3.63) is 28.8 Å². The monoisotopic (exact) mass is 281 g/mol. The first-order valence-corrected chi connectivity index (χ1v) is 7.16. The van der Waals surface area contributed by atoms with Gasteiger partial charge in [-0.15, -0.1) is 0 Å². The highest BCUT2D eigenvalue weighted by atomic mass is 35.5. The van der Waals surface area contributed by atoms with Gasteiger partial charge in [-0.25, -0.2) is 0 Å². The van der Waals surface area contributed by atoms with E-state index >= 15 is 0 Å². The van der Waals surface area contributed by atoms with E-state index in [1.54, 1.807) is 25.3 Å². The lowest BCUT2D eigenvalue weighted by atomic mass is 9.95. The number of benzene rings is 1. The van der Waals surface area contributed by atoms with Crippen LogP contribution in [0.5, 0.6) is 5.75 Å². The van der Waals surface area contributed by atoms with E-state index in [0.29, 0.717) is 22.3 Å². The van der Waals surface area contributed by atoms with Crippen LogP contribution in [0.25, 0.3) is 0 Å². The molecule has 1 fully saturated rings. The number of likely N-dealkylation sites (tertiary alicyclic amines) is 1. The number of halogens is 1. The average molecular weight is 282 g/mol. The molecule has 0 saturated carbocycles. The van der Waals surface area contributed by atoms with E-state index in [-0.39, 0.29) is 5.91 Å². The third-order valence-electron chi connectivity index (χ3n) is 3.78. The second-order valence-corrected chi connectivity index (χ2v) is 5.45. The Morgan fingerprint density at radius 1 is 1.53 bits per heavy atom. The van der Waals surface area contributed by atoms with Crippen molar-refractivity contribution in [3.63, 3.8) is 0 Å². The Kier molecular flexibility index (Phi) is 4.70. The van der Waals surface area contributed by atoms with Gasteiger partial charge >= 0.3 is 0 Å². The van der Waals surface area contributed by atoms with Crippen molar-refractivity contribution in [2.45, 2.75) is 26.2 Å². The minimum atomic E-state index is 0.0255. The number of rotatable bonds is 3. The summed E-state index contributed by atoms with van der Waals surface area (Å²) in [7, 11) is 1.57. The average Bonchev–Trinajstić information content (AvgIpc) is 2.46. The van der Waals surface area contributed by atoms with Crippen molar-refractivity contribution >= 4 is 17.5 Å². The van der Waals surface area contributed by atoms with Gasteiger partial charge in [-0.3, -0.25) is 4.79 Å². The zero-order valence-electron chi connectivity index (χ0n) is 11.5. The van der Waals surface area contributed by atoms with Gasteiger partial charge < -0.3 is 9.64 Å². The molecule has 4 heteroatoms. The molecular weight excluding hydrogens is 262 g/mol. The zero-order valence-corrected chi connectivity index (χ0v) is 12.2. The van der Waals surface area contributed by atoms with Crippen molar-refractivity contribution in [3.8, 4) is 5.75 Å². The van der Waals surface area contributed by atoms with Crippen LogP contribution in [0.15, 0.2) is 18.2 Å². The van der Waals surface area contributed by atoms with E-state index in [0.717, 1.165) is 25.9 Å². The van der Waals surface area contributed by atoms with E-state index < -0.39 is 0 Å². The van der Waals surface area contributed by atoms with Gasteiger partial charge in [0.1, 0.15) is 5.75 Å². The van der Waals surface area contributed by atoms with E-state index in [2.05, 4.69) is 6.92 Å². The molecule has 2 rings (SSSR count). The molecule has 0 N–H and O–H groups in total. The molecule has 0 bridgehead atoms. The Bertz CT molecular complexity index is 461. The molecule has 0 spiro atoms. The lowest BCUT2D eigenvalue weighted by Crippen LogP contribution is -2.39. The molecule has 104 valence electrons. The largest absolute Gasteiger partial charge is 0.496 e. The summed E-state index contributed by atoms with van der Waals surface area (Å²) >= 11 is 5.99. The highest BCUT2D eigenvalue weighted by Crippen LogP contribution is 2.27. The van der Waals surface area contributed by atoms with Gasteiger partial charge in [-0.1, -0.05) is 24.9 Å². The number of methoxy groups -OCH3 is 1. The summed E-state index contributed by atoms with van der Waals surface area (Å²) in [6.45, 7) is 3.84. The summed E-state index contributed by atoms with van der Waals surface area (Å²) in [4.78, 5) is 14.5. The van der Waals surface area contributed by atoms with Gasteiger partial charge in [0, 0.05) is 18.1 Å². The molecule has 1 aromatic carbocycles. The van der Waals surface area contributed by atoms with Crippen molar-refractivity contribution < 1.29 is 9.53 Å². The van der Waals surface area contributed by atoms with Crippen LogP contribution >= 0.6 is 11.6 Å². The first kappa shape index (κ1) is 14.2. The van der Waals surface area contributed by atoms with Gasteiger partial charge in [-0.2, -0.15) is 0 Å². The number of nitrogens with zero attached hydrogens (tertiary/aromatic N) is 1. The van der Waals surface area contributed by atoms with Gasteiger partial charge in [-0.05, 0) is 37.0 Å². The Morgan fingerprint density at radius 2 is 2.32 bits per heavy atom. The fourth-order valence-corrected chi connectivity index (χ4v) is 2.77. The Balaban J connectivity index is 2.21. The summed E-state index contributed by atoms with van der Waals surface area (Å²) in [6, 6.07) is 5.18. The van der Waals surface area contributed by atoms with Gasteiger partial charge in [0.15, 0.2) is 0 Å². The van der Waals surface area contributed by atoms with Crippen LogP contribution in [0, 0.1) is 5.92 Å². The van der Waals surface area contributed by atoms with Gasteiger partial charge in [0.05, 0.1) is 12.7 Å². The first-order valence-electron chi connectivity index (χ1n) is 6.78. The maximum atomic E-state index is 12.6. The van der Waals surface area contributed by atoms with E-state index in [4.69, 9.17) is 16.3 Å². The Morgan fingerprint density at radius 3 is 3.00 bits per heavy atom. The third-order valence-corrected chi connectivity index (χ3v) is 4.01. The normalized spacial score (nSPS) is 19.3. The molecule has 1 aliphatic heterocycles. The van der Waals surface area contributed by atoms with Crippen molar-refractivity contribution in [2.75, 3.05) is 20.2 Å². The number of carbonyl (C=O) groups is 1. The highest BCUT2D eigenvalue weighted by Gasteiger charge is 2.25. The molecule has 1 amide bonds. The van der Waals surface area contributed by atoms with Gasteiger partial charge in [0.25, 0.3) is 5.91 Å². The van der Waals surface area contributed by atoms with Crippen molar-refractivity contribution in [1.29, 1.82) is 0 Å². The molecule has 1 aromatic rings. The van der Waals surface area contributed by atoms with Crippen molar-refractivity contribution in [1.82, 2.24) is 4.90 Å². The lowest BCUT2D eigenvalue weighted by molar-refractivity contribution is 0.0668. The number of carbonyl (C=O) groups excluding carboxylic acids is 1. The molecule has 3 nitrogen and oxygen atoms in total. The summed E-state index contributed by atoms with van der Waals surface area (Å²) < 4.78 is 5.26. The predicted octanol–water partition coefficient (Wildman–Crippen LogP) is 3.61. The van der Waals surface area contributed by atoms with E-state index in [9.17, 15) is 4.79 Å². The summed E-state index contributed by atoms with van der Waals surface area (Å²) in [6.07, 6.45) is 3.41. The molecule has 1 saturated heterocycles. The maximum absolute atomic E-state index is 12.6. The quantitative estimate of drug-likeness (QED) is 0.847. The summed E-state index contributed by atoms with van der Waals surface area (Å²) in [5.74, 6) is 1.23. The standard InChI is InChI=1S/C15H20ClNO2/c1-3-11-5-4-8-17(10-11)15(18)13-9-12(16)6-7-14(13)19-2/h6-7,9,11H,3-5,8,10H2,1-2H3. The molecule has 19 heavy (non-hydrogen) atoms. The topological polar surface area (TPSA) is 29.5 Å². The SMILES string of the molecule is CCC1CCCN(C(=O)c2cc(Cl)ccc2OC)C1. The second-order valence-electron chi connectivity index (χ2n) is 5.01. The highest BCUT2D eigenvalue weighted by molar-refractivity contribution is 6.31. The van der Waals surface area contributed by atoms with Crippen LogP contribution in [-0.2, 0) is 0 Å². The van der Waals surface area contributed by atoms with Crippen LogP contribution in [0.1, 0.15) is 36.5 Å². The van der Waals surface area contributed by atoms with Crippen molar-refractivity contribution in [2.24, 2.45) is 5.92 Å². The number of hydrogen-bond acceptors (Lipinski definition) is 2. The number of amides is 1. The maximum Gasteiger partial charge on any atom is 0.257 e. The smallest absolute Gasteiger partial charge is 0.257 e. The minimum Gasteiger partial charge on any atom is -0.496 e. The van der Waals surface area contributed by atoms with E-state index in [1.807, 2.05) is 4.90 Å². The molecule has 1 unspecified atom stereocenters. The molecule has 1 atom stereocenters. The second kappa shape index (κ2) is 6.29. The van der Waals surface area contributed by atoms with Crippen LogP contribution in [-0.4, -0.2) is 31.0 Å². The molecule has 0 aromatic heterocycles. The minimum absolute atomic E-state index is 0.0255. The molecule has 0 radical (unpaired) electrons. The first-order chi connectivity index (χ1) is 9.15. The number of hydrogen-bond donors (Lipinski definition) is 0. The number of ether oxygens (including phenoxy) is 1. The molecule has 1 heterocycles. The number of piperidine rings is 1. The predicted molar refractivity (Wildman–Crippen MR) is 76.9 cm³/mol. The molecular formula is C15H20ClNO2. The van der Waals surface area contributed by atoms with Crippen LogP contribution < -0.4 is 4.74 Å². The van der Waals surface area contributed by atoms with E-state index in [1.165, 1.54) is 6.42 Å². The summed E-state index contributed by atoms with van der Waals surface area (Å²) in [5.41, 5.74) is 0.562. The zero-order chi connectivity index (χ0) is 13.8. The lowest BCUT2D eigenvalue weighted by Gasteiger charge is -2.32. The fourth-order valence-electron chi connectivity index (χ4n) is 2.60. The molecule has 0 aliphatic carbocycles. The third kappa shape index (κ3) is 3.21. The van der Waals surface area contributed by atoms with Gasteiger partial charge in [0.2, 0.25) is 0 Å². The van der Waals surface area contributed by atoms with Crippen LogP contribution in [0.2, 0.25) is 5.02 Å². The summed E-state index contributed by atoms with van der Waals surface area (Å²) in [5, 5.41) is 0.563. The molecule has 1 aliphatic rings. The fraction of sp³-hybridized carbons (Fsp3) is 0.533. The Hall–Kier alpha value is -1.22. The van der Waals surface area contributed by atoms with Crippen LogP contribution in [0.4, 0.5) is 0 Å². The Labute approximate surface area is 119 Å².